The molecular formula is C51H37N5. The van der Waals surface area contributed by atoms with E-state index in [0.717, 1.165) is 16.7 Å². The molecule has 0 amide bonds. The number of hydrogen-bond acceptors (Lipinski definition) is 3. The molecule has 0 N–H and O–H groups in total. The predicted octanol–water partition coefficient (Wildman–Crippen LogP) is 12.3. The van der Waals surface area contributed by atoms with E-state index in [4.69, 9.17) is 15.0 Å². The zero-order chi connectivity index (χ0) is 37.5. The van der Waals surface area contributed by atoms with Crippen LogP contribution in [0, 0.1) is 0 Å². The number of aromatic nitrogens is 5. The SMILES string of the molecule is CC1(C)c2ccccc2-n2c3ccc(-c4nc(-c5ccccc5)nc(-c5ccc6c(c5)c5cccc7c5n6-c5ccccc5C7(C)C)n4)cc3c3cccc1c32. The summed E-state index contributed by atoms with van der Waals surface area (Å²) < 4.78 is 4.90. The van der Waals surface area contributed by atoms with Crippen molar-refractivity contribution in [3.63, 3.8) is 0 Å². The Kier molecular flexibility index (Phi) is 6.12. The molecule has 7 aromatic carbocycles. The van der Waals surface area contributed by atoms with Gasteiger partial charge in [-0.15, -0.1) is 0 Å². The lowest BCUT2D eigenvalue weighted by atomic mass is 9.75. The van der Waals surface area contributed by atoms with Crippen LogP contribution in [0.25, 0.3) is 89.2 Å². The van der Waals surface area contributed by atoms with Crippen LogP contribution < -0.4 is 0 Å². The molecule has 56 heavy (non-hydrogen) atoms. The zero-order valence-corrected chi connectivity index (χ0v) is 31.7. The largest absolute Gasteiger partial charge is 0.309 e. The molecule has 0 radical (unpaired) electrons. The van der Waals surface area contributed by atoms with Crippen molar-refractivity contribution in [2.75, 3.05) is 0 Å². The molecule has 5 nitrogen and oxygen atoms in total. The summed E-state index contributed by atoms with van der Waals surface area (Å²) in [7, 11) is 0. The van der Waals surface area contributed by atoms with Crippen molar-refractivity contribution in [3.05, 3.63) is 174 Å². The molecule has 0 saturated carbocycles. The molecule has 0 unspecified atom stereocenters. The second-order valence-corrected chi connectivity index (χ2v) is 16.5. The molecule has 0 bridgehead atoms. The normalized spacial score (nSPS) is 14.7. The van der Waals surface area contributed by atoms with E-state index in [1.165, 1.54) is 77.2 Å². The fourth-order valence-electron chi connectivity index (χ4n) is 9.96. The number of fused-ring (bicyclic) bond motifs is 10. The smallest absolute Gasteiger partial charge is 0.164 e. The highest BCUT2D eigenvalue weighted by Crippen LogP contribution is 2.49. The van der Waals surface area contributed by atoms with Crippen LogP contribution >= 0.6 is 0 Å². The Morgan fingerprint density at radius 3 is 1.25 bits per heavy atom. The molecule has 0 atom stereocenters. The molecule has 266 valence electrons. The molecule has 0 saturated heterocycles. The number of nitrogens with zero attached hydrogens (tertiary/aromatic N) is 5. The third-order valence-electron chi connectivity index (χ3n) is 12.7. The standard InChI is InChI=1S/C51H37N5/c1-50(2)37-18-8-10-22-43(37)55-41-26-24-31(28-35(41)33-16-12-20-39(50)45(33)55)48-52-47(30-14-6-5-7-15-30)53-49(54-48)32-25-27-42-36(29-32)34-17-13-21-40-46(34)56(42)44-23-11-9-19-38(44)51(40,3)4/h5-29H,1-4H3. The maximum Gasteiger partial charge on any atom is 0.164 e. The second kappa shape index (κ2) is 10.9. The predicted molar refractivity (Wildman–Crippen MR) is 229 cm³/mol. The lowest BCUT2D eigenvalue weighted by Gasteiger charge is -2.34. The van der Waals surface area contributed by atoms with E-state index in [9.17, 15) is 0 Å². The maximum atomic E-state index is 5.27. The molecule has 2 aliphatic rings. The zero-order valence-electron chi connectivity index (χ0n) is 31.7. The average molecular weight is 720 g/mol. The summed E-state index contributed by atoms with van der Waals surface area (Å²) >= 11 is 0. The number of hydrogen-bond donors (Lipinski definition) is 0. The van der Waals surface area contributed by atoms with Crippen molar-refractivity contribution in [3.8, 4) is 45.5 Å². The lowest BCUT2D eigenvalue weighted by Crippen LogP contribution is -2.26. The van der Waals surface area contributed by atoms with Crippen LogP contribution in [0.5, 0.6) is 0 Å². The quantitative estimate of drug-likeness (QED) is 0.183. The third-order valence-corrected chi connectivity index (χ3v) is 12.7. The van der Waals surface area contributed by atoms with Crippen molar-refractivity contribution in [2.24, 2.45) is 0 Å². The highest BCUT2D eigenvalue weighted by molar-refractivity contribution is 6.14. The van der Waals surface area contributed by atoms with E-state index in [1.807, 2.05) is 18.2 Å². The topological polar surface area (TPSA) is 48.5 Å². The Labute approximate surface area is 324 Å². The summed E-state index contributed by atoms with van der Waals surface area (Å²) in [5, 5.41) is 4.85. The van der Waals surface area contributed by atoms with Gasteiger partial charge in [-0.1, -0.05) is 131 Å². The van der Waals surface area contributed by atoms with Crippen LogP contribution in [0.3, 0.4) is 0 Å². The third kappa shape index (κ3) is 4.07. The van der Waals surface area contributed by atoms with Crippen molar-refractivity contribution in [2.45, 2.75) is 38.5 Å². The van der Waals surface area contributed by atoms with E-state index in [0.29, 0.717) is 17.5 Å². The fourth-order valence-corrected chi connectivity index (χ4v) is 9.96. The first kappa shape index (κ1) is 31.5. The molecule has 12 rings (SSSR count). The van der Waals surface area contributed by atoms with Crippen molar-refractivity contribution < 1.29 is 0 Å². The van der Waals surface area contributed by atoms with E-state index in [2.05, 4.69) is 170 Å². The molecule has 0 spiro atoms. The number of para-hydroxylation sites is 4. The summed E-state index contributed by atoms with van der Waals surface area (Å²) in [5.74, 6) is 1.96. The van der Waals surface area contributed by atoms with Crippen molar-refractivity contribution in [1.29, 1.82) is 0 Å². The highest BCUT2D eigenvalue weighted by Gasteiger charge is 2.36. The monoisotopic (exact) mass is 719 g/mol. The molecule has 10 aromatic rings. The van der Waals surface area contributed by atoms with E-state index >= 15 is 0 Å². The van der Waals surface area contributed by atoms with Gasteiger partial charge in [0.05, 0.1) is 33.4 Å². The van der Waals surface area contributed by atoms with Crippen LogP contribution in [0.4, 0.5) is 0 Å². The number of rotatable bonds is 3. The van der Waals surface area contributed by atoms with Gasteiger partial charge in [0.15, 0.2) is 17.5 Å². The summed E-state index contributed by atoms with van der Waals surface area (Å²) in [5.41, 5.74) is 15.4. The van der Waals surface area contributed by atoms with Gasteiger partial charge in [0.2, 0.25) is 0 Å². The first-order chi connectivity index (χ1) is 27.3. The molecule has 0 fully saturated rings. The second-order valence-electron chi connectivity index (χ2n) is 16.5. The van der Waals surface area contributed by atoms with Gasteiger partial charge in [0.25, 0.3) is 0 Å². The summed E-state index contributed by atoms with van der Waals surface area (Å²) in [4.78, 5) is 15.6. The van der Waals surface area contributed by atoms with E-state index in [1.54, 1.807) is 0 Å². The summed E-state index contributed by atoms with van der Waals surface area (Å²) in [6, 6.07) is 54.8. The van der Waals surface area contributed by atoms with Gasteiger partial charge in [-0.3, -0.25) is 0 Å². The first-order valence-electron chi connectivity index (χ1n) is 19.5. The Morgan fingerprint density at radius 1 is 0.357 bits per heavy atom. The van der Waals surface area contributed by atoms with Gasteiger partial charge in [0.1, 0.15) is 0 Å². The first-order valence-corrected chi connectivity index (χ1v) is 19.5. The molecule has 5 heteroatoms. The van der Waals surface area contributed by atoms with Gasteiger partial charge in [-0.2, -0.15) is 0 Å². The lowest BCUT2D eigenvalue weighted by molar-refractivity contribution is 0.630. The molecule has 0 aliphatic carbocycles. The molecule has 5 heterocycles. The minimum atomic E-state index is -0.122. The van der Waals surface area contributed by atoms with Crippen LogP contribution in [-0.2, 0) is 10.8 Å². The Hall–Kier alpha value is -6.85. The van der Waals surface area contributed by atoms with Crippen LogP contribution in [0.1, 0.15) is 49.9 Å². The van der Waals surface area contributed by atoms with Gasteiger partial charge < -0.3 is 9.13 Å². The van der Waals surface area contributed by atoms with Gasteiger partial charge in [-0.25, -0.2) is 15.0 Å². The average Bonchev–Trinajstić information content (AvgIpc) is 3.75. The van der Waals surface area contributed by atoms with E-state index < -0.39 is 0 Å². The Balaban J connectivity index is 1.08. The minimum Gasteiger partial charge on any atom is -0.309 e. The number of benzene rings is 7. The molecule has 2 aliphatic heterocycles. The van der Waals surface area contributed by atoms with Gasteiger partial charge in [0, 0.05) is 49.1 Å². The van der Waals surface area contributed by atoms with Gasteiger partial charge in [-0.05, 0) is 70.8 Å². The van der Waals surface area contributed by atoms with Crippen LogP contribution in [-0.4, -0.2) is 24.1 Å². The van der Waals surface area contributed by atoms with Crippen molar-refractivity contribution in [1.82, 2.24) is 24.1 Å². The molecule has 3 aromatic heterocycles. The minimum absolute atomic E-state index is 0.122. The van der Waals surface area contributed by atoms with Gasteiger partial charge >= 0.3 is 0 Å². The Bertz CT molecular complexity index is 3110. The van der Waals surface area contributed by atoms with Crippen molar-refractivity contribution >= 4 is 43.6 Å². The highest BCUT2D eigenvalue weighted by atomic mass is 15.0. The summed E-state index contributed by atoms with van der Waals surface area (Å²) in [6.45, 7) is 9.36. The summed E-state index contributed by atoms with van der Waals surface area (Å²) in [6.07, 6.45) is 0. The van der Waals surface area contributed by atoms with E-state index in [-0.39, 0.29) is 10.8 Å². The maximum absolute atomic E-state index is 5.27. The molecular weight excluding hydrogens is 683 g/mol. The Morgan fingerprint density at radius 2 is 0.768 bits per heavy atom. The van der Waals surface area contributed by atoms with Crippen LogP contribution in [0.15, 0.2) is 152 Å². The van der Waals surface area contributed by atoms with Crippen LogP contribution in [0.2, 0.25) is 0 Å². The fraction of sp³-hybridized carbons (Fsp3) is 0.118.